The number of halogens is 3. The molecule has 9 heteroatoms. The minimum atomic E-state index is -4.40. The average molecular weight is 366 g/mol. The Kier molecular flexibility index (Phi) is 5.30. The van der Waals surface area contributed by atoms with E-state index in [-0.39, 0.29) is 5.75 Å². The molecule has 0 spiro atoms. The van der Waals surface area contributed by atoms with E-state index in [9.17, 15) is 21.6 Å². The zero-order chi connectivity index (χ0) is 17.3. The molecule has 0 saturated carbocycles. The number of aromatic nitrogens is 2. The van der Waals surface area contributed by atoms with Crippen LogP contribution in [0, 0.1) is 0 Å². The van der Waals surface area contributed by atoms with Crippen molar-refractivity contribution in [2.45, 2.75) is 31.2 Å². The van der Waals surface area contributed by atoms with E-state index < -0.39 is 21.6 Å². The SMILES string of the molecule is CCCn1c(SCCS(C)(=O)=O)nc2ccc(C(F)(F)F)cc21. The minimum Gasteiger partial charge on any atom is -0.319 e. The molecule has 0 aliphatic carbocycles. The Balaban J connectivity index is 2.38. The average Bonchev–Trinajstić information content (AvgIpc) is 2.74. The molecular formula is C14H17F3N2O2S2. The zero-order valence-corrected chi connectivity index (χ0v) is 14.4. The summed E-state index contributed by atoms with van der Waals surface area (Å²) in [4.78, 5) is 4.34. The predicted octanol–water partition coefficient (Wildman–Crippen LogP) is 3.60. The summed E-state index contributed by atoms with van der Waals surface area (Å²) >= 11 is 1.24. The first kappa shape index (κ1) is 18.1. The van der Waals surface area contributed by atoms with Crippen molar-refractivity contribution in [3.05, 3.63) is 23.8 Å². The maximum absolute atomic E-state index is 12.9. The standard InChI is InChI=1S/C14H17F3N2O2S2/c1-3-6-19-12-9-10(14(15,16)17)4-5-11(12)18-13(19)22-7-8-23(2,20)21/h4-5,9H,3,6-8H2,1-2H3. The molecule has 0 amide bonds. The van der Waals surface area contributed by atoms with E-state index in [1.54, 1.807) is 4.57 Å². The number of fused-ring (bicyclic) bond motifs is 1. The number of sulfone groups is 1. The van der Waals surface area contributed by atoms with Crippen molar-refractivity contribution in [3.63, 3.8) is 0 Å². The highest BCUT2D eigenvalue weighted by atomic mass is 32.2. The summed E-state index contributed by atoms with van der Waals surface area (Å²) in [6.45, 7) is 2.45. The monoisotopic (exact) mass is 366 g/mol. The van der Waals surface area contributed by atoms with Crippen LogP contribution < -0.4 is 0 Å². The van der Waals surface area contributed by atoms with Crippen LogP contribution in [0.5, 0.6) is 0 Å². The van der Waals surface area contributed by atoms with Crippen molar-refractivity contribution in [2.75, 3.05) is 17.8 Å². The number of thioether (sulfide) groups is 1. The topological polar surface area (TPSA) is 52.0 Å². The molecule has 0 aliphatic rings. The van der Waals surface area contributed by atoms with E-state index in [1.165, 1.54) is 17.8 Å². The number of alkyl halides is 3. The van der Waals surface area contributed by atoms with Gasteiger partial charge in [0.15, 0.2) is 5.16 Å². The fraction of sp³-hybridized carbons (Fsp3) is 0.500. The molecule has 0 unspecified atom stereocenters. The Labute approximate surface area is 137 Å². The van der Waals surface area contributed by atoms with Gasteiger partial charge < -0.3 is 4.57 Å². The molecule has 0 bridgehead atoms. The van der Waals surface area contributed by atoms with Gasteiger partial charge >= 0.3 is 6.18 Å². The molecule has 1 aromatic carbocycles. The highest BCUT2D eigenvalue weighted by Gasteiger charge is 2.31. The first-order chi connectivity index (χ1) is 10.6. The number of aryl methyl sites for hydroxylation is 1. The zero-order valence-electron chi connectivity index (χ0n) is 12.7. The number of hydrogen-bond donors (Lipinski definition) is 0. The van der Waals surface area contributed by atoms with Crippen LogP contribution in [0.1, 0.15) is 18.9 Å². The highest BCUT2D eigenvalue weighted by Crippen LogP contribution is 2.33. The fourth-order valence-corrected chi connectivity index (χ4v) is 4.35. The molecule has 2 rings (SSSR count). The number of nitrogens with zero attached hydrogens (tertiary/aromatic N) is 2. The number of rotatable bonds is 6. The summed E-state index contributed by atoms with van der Waals surface area (Å²) < 4.78 is 62.7. The third kappa shape index (κ3) is 4.63. The maximum atomic E-state index is 12.9. The Morgan fingerprint density at radius 2 is 2.00 bits per heavy atom. The van der Waals surface area contributed by atoms with Crippen molar-refractivity contribution >= 4 is 32.6 Å². The van der Waals surface area contributed by atoms with Crippen LogP contribution in [0.3, 0.4) is 0 Å². The second kappa shape index (κ2) is 6.72. The van der Waals surface area contributed by atoms with Gasteiger partial charge in [0, 0.05) is 18.6 Å². The van der Waals surface area contributed by atoms with Crippen molar-refractivity contribution in [3.8, 4) is 0 Å². The van der Waals surface area contributed by atoms with Gasteiger partial charge in [0.2, 0.25) is 0 Å². The van der Waals surface area contributed by atoms with Crippen molar-refractivity contribution in [2.24, 2.45) is 0 Å². The summed E-state index contributed by atoms with van der Waals surface area (Å²) in [5.41, 5.74) is 0.187. The summed E-state index contributed by atoms with van der Waals surface area (Å²) in [5.74, 6) is 0.318. The van der Waals surface area contributed by atoms with Gasteiger partial charge in [0.1, 0.15) is 9.84 Å². The van der Waals surface area contributed by atoms with Crippen molar-refractivity contribution in [1.82, 2.24) is 9.55 Å². The van der Waals surface area contributed by atoms with E-state index in [4.69, 9.17) is 0 Å². The Morgan fingerprint density at radius 1 is 1.30 bits per heavy atom. The lowest BCUT2D eigenvalue weighted by Gasteiger charge is -2.09. The van der Waals surface area contributed by atoms with E-state index in [2.05, 4.69) is 4.98 Å². The number of hydrogen-bond acceptors (Lipinski definition) is 4. The van der Waals surface area contributed by atoms with Crippen LogP contribution >= 0.6 is 11.8 Å². The van der Waals surface area contributed by atoms with E-state index in [1.807, 2.05) is 6.92 Å². The van der Waals surface area contributed by atoms with Crippen molar-refractivity contribution in [1.29, 1.82) is 0 Å². The number of benzene rings is 1. The second-order valence-corrected chi connectivity index (χ2v) is 8.55. The molecule has 1 heterocycles. The molecule has 23 heavy (non-hydrogen) atoms. The Bertz CT molecular complexity index is 798. The smallest absolute Gasteiger partial charge is 0.319 e. The molecule has 0 N–H and O–H groups in total. The van der Waals surface area contributed by atoms with Gasteiger partial charge in [-0.15, -0.1) is 0 Å². The molecule has 0 aliphatic heterocycles. The van der Waals surface area contributed by atoms with Crippen molar-refractivity contribution < 1.29 is 21.6 Å². The number of imidazole rings is 1. The molecule has 128 valence electrons. The van der Waals surface area contributed by atoms with Gasteiger partial charge in [0.05, 0.1) is 22.3 Å². The van der Waals surface area contributed by atoms with Gasteiger partial charge in [0.25, 0.3) is 0 Å². The maximum Gasteiger partial charge on any atom is 0.416 e. The first-order valence-electron chi connectivity index (χ1n) is 7.00. The summed E-state index contributed by atoms with van der Waals surface area (Å²) in [7, 11) is -3.08. The molecule has 2 aromatic rings. The van der Waals surface area contributed by atoms with E-state index in [0.29, 0.717) is 28.5 Å². The van der Waals surface area contributed by atoms with Gasteiger partial charge in [-0.25, -0.2) is 13.4 Å². The summed E-state index contributed by atoms with van der Waals surface area (Å²) in [6, 6.07) is 3.46. The van der Waals surface area contributed by atoms with Crippen LogP contribution in [0.4, 0.5) is 13.2 Å². The molecular weight excluding hydrogens is 349 g/mol. The lowest BCUT2D eigenvalue weighted by Crippen LogP contribution is -2.07. The Morgan fingerprint density at radius 3 is 2.57 bits per heavy atom. The first-order valence-corrected chi connectivity index (χ1v) is 10.0. The lowest BCUT2D eigenvalue weighted by atomic mass is 10.2. The molecule has 0 atom stereocenters. The molecule has 0 saturated heterocycles. The largest absolute Gasteiger partial charge is 0.416 e. The van der Waals surface area contributed by atoms with Gasteiger partial charge in [-0.2, -0.15) is 13.2 Å². The van der Waals surface area contributed by atoms with Crippen LogP contribution in [-0.2, 0) is 22.6 Å². The summed E-state index contributed by atoms with van der Waals surface area (Å²) in [6.07, 6.45) is -2.52. The molecule has 4 nitrogen and oxygen atoms in total. The van der Waals surface area contributed by atoms with Crippen LogP contribution in [0.15, 0.2) is 23.4 Å². The predicted molar refractivity (Wildman–Crippen MR) is 85.5 cm³/mol. The van der Waals surface area contributed by atoms with Gasteiger partial charge in [-0.1, -0.05) is 18.7 Å². The molecule has 1 aromatic heterocycles. The minimum absolute atomic E-state index is 0.000792. The van der Waals surface area contributed by atoms with Crippen LogP contribution in [0.2, 0.25) is 0 Å². The normalized spacial score (nSPS) is 12.9. The van der Waals surface area contributed by atoms with Gasteiger partial charge in [-0.3, -0.25) is 0 Å². The fourth-order valence-electron chi connectivity index (χ4n) is 2.11. The second-order valence-electron chi connectivity index (χ2n) is 5.23. The third-order valence-corrected chi connectivity index (χ3v) is 5.36. The molecule has 0 radical (unpaired) electrons. The molecule has 0 fully saturated rings. The lowest BCUT2D eigenvalue weighted by molar-refractivity contribution is -0.137. The third-order valence-electron chi connectivity index (χ3n) is 3.17. The Hall–Kier alpha value is -1.22. The van der Waals surface area contributed by atoms with Crippen LogP contribution in [0.25, 0.3) is 11.0 Å². The highest BCUT2D eigenvalue weighted by molar-refractivity contribution is 8.00. The van der Waals surface area contributed by atoms with E-state index in [0.717, 1.165) is 24.8 Å². The van der Waals surface area contributed by atoms with Gasteiger partial charge in [-0.05, 0) is 24.6 Å². The van der Waals surface area contributed by atoms with Crippen LogP contribution in [-0.4, -0.2) is 35.7 Å². The summed E-state index contributed by atoms with van der Waals surface area (Å²) in [5, 5.41) is 0.546. The van der Waals surface area contributed by atoms with E-state index >= 15 is 0 Å². The quantitative estimate of drug-likeness (QED) is 0.733.